The summed E-state index contributed by atoms with van der Waals surface area (Å²) < 4.78 is 0. The predicted molar refractivity (Wildman–Crippen MR) is 69.5 cm³/mol. The van der Waals surface area contributed by atoms with E-state index in [9.17, 15) is 14.7 Å². The number of aliphatic carboxylic acids is 1. The van der Waals surface area contributed by atoms with Crippen LogP contribution in [0.1, 0.15) is 31.4 Å². The predicted octanol–water partition coefficient (Wildman–Crippen LogP) is 1.38. The van der Waals surface area contributed by atoms with Crippen molar-refractivity contribution in [2.45, 2.75) is 38.1 Å². The minimum atomic E-state index is -1.02. The summed E-state index contributed by atoms with van der Waals surface area (Å²) in [4.78, 5) is 27.3. The number of nitrogens with zero attached hydrogens (tertiary/aromatic N) is 1. The third-order valence-electron chi connectivity index (χ3n) is 3.48. The summed E-state index contributed by atoms with van der Waals surface area (Å²) in [5.41, 5.74) is 0.668. The number of carbonyl (C=O) groups excluding carboxylic acids is 1. The Morgan fingerprint density at radius 3 is 2.68 bits per heavy atom. The van der Waals surface area contributed by atoms with E-state index in [1.54, 1.807) is 24.4 Å². The smallest absolute Gasteiger partial charge is 0.326 e. The number of aromatic nitrogens is 1. The highest BCUT2D eigenvalue weighted by Crippen LogP contribution is 2.24. The minimum Gasteiger partial charge on any atom is -0.480 e. The quantitative estimate of drug-likeness (QED) is 0.840. The van der Waals surface area contributed by atoms with Crippen LogP contribution >= 0.6 is 0 Å². The topological polar surface area (TPSA) is 79.3 Å². The van der Waals surface area contributed by atoms with Crippen molar-refractivity contribution in [1.29, 1.82) is 0 Å². The van der Waals surface area contributed by atoms with E-state index in [4.69, 9.17) is 0 Å². The number of carboxylic acid groups (broad SMARTS) is 1. The number of pyridine rings is 1. The van der Waals surface area contributed by atoms with Gasteiger partial charge in [0.2, 0.25) is 5.91 Å². The van der Waals surface area contributed by atoms with Gasteiger partial charge in [-0.15, -0.1) is 0 Å². The molecule has 1 atom stereocenters. The Morgan fingerprint density at radius 1 is 1.37 bits per heavy atom. The highest BCUT2D eigenvalue weighted by Gasteiger charge is 2.27. The van der Waals surface area contributed by atoms with Crippen molar-refractivity contribution in [3.63, 3.8) is 0 Å². The molecule has 5 nitrogen and oxygen atoms in total. The second-order valence-corrected chi connectivity index (χ2v) is 4.91. The zero-order valence-corrected chi connectivity index (χ0v) is 10.7. The van der Waals surface area contributed by atoms with Crippen molar-refractivity contribution in [3.05, 3.63) is 30.1 Å². The molecule has 1 aliphatic carbocycles. The summed E-state index contributed by atoms with van der Waals surface area (Å²) >= 11 is 0. The van der Waals surface area contributed by atoms with Crippen molar-refractivity contribution in [2.24, 2.45) is 5.92 Å². The molecule has 2 N–H and O–H groups in total. The Bertz CT molecular complexity index is 441. The van der Waals surface area contributed by atoms with Gasteiger partial charge in [0.1, 0.15) is 6.04 Å². The van der Waals surface area contributed by atoms with Crippen molar-refractivity contribution in [1.82, 2.24) is 10.3 Å². The Balaban J connectivity index is 1.96. The normalized spacial score (nSPS) is 17.1. The van der Waals surface area contributed by atoms with Gasteiger partial charge in [-0.05, 0) is 25.0 Å². The van der Waals surface area contributed by atoms with Crippen LogP contribution in [0.2, 0.25) is 0 Å². The van der Waals surface area contributed by atoms with Crippen LogP contribution in [0, 0.1) is 5.92 Å². The fourth-order valence-electron chi connectivity index (χ4n) is 2.41. The molecule has 1 unspecified atom stereocenters. The molecule has 1 aromatic rings. The minimum absolute atomic E-state index is 0.0226. The molecule has 1 aromatic heterocycles. The van der Waals surface area contributed by atoms with E-state index < -0.39 is 12.0 Å². The van der Waals surface area contributed by atoms with Gasteiger partial charge in [-0.3, -0.25) is 9.78 Å². The van der Waals surface area contributed by atoms with E-state index in [1.165, 1.54) is 0 Å². The van der Waals surface area contributed by atoms with Crippen LogP contribution in [0.25, 0.3) is 0 Å². The fourth-order valence-corrected chi connectivity index (χ4v) is 2.41. The zero-order chi connectivity index (χ0) is 13.7. The van der Waals surface area contributed by atoms with E-state index in [1.807, 2.05) is 0 Å². The average molecular weight is 262 g/mol. The van der Waals surface area contributed by atoms with Gasteiger partial charge < -0.3 is 10.4 Å². The van der Waals surface area contributed by atoms with E-state index in [2.05, 4.69) is 10.3 Å². The number of amides is 1. The largest absolute Gasteiger partial charge is 0.480 e. The monoisotopic (exact) mass is 262 g/mol. The standard InChI is InChI=1S/C14H18N2O3/c17-13(10-5-1-2-6-10)16-12(14(18)19)9-11-7-3-4-8-15-11/h3-4,7-8,10,12H,1-2,5-6,9H2,(H,16,17)(H,18,19). The number of rotatable bonds is 5. The first-order valence-electron chi connectivity index (χ1n) is 6.60. The van der Waals surface area contributed by atoms with Crippen LogP contribution in [-0.4, -0.2) is 28.0 Å². The van der Waals surface area contributed by atoms with Crippen LogP contribution in [0.5, 0.6) is 0 Å². The molecule has 5 heteroatoms. The molecule has 0 bridgehead atoms. The number of hydrogen-bond acceptors (Lipinski definition) is 3. The fraction of sp³-hybridized carbons (Fsp3) is 0.500. The third-order valence-corrected chi connectivity index (χ3v) is 3.48. The molecule has 2 rings (SSSR count). The lowest BCUT2D eigenvalue weighted by Gasteiger charge is -2.17. The van der Waals surface area contributed by atoms with E-state index in [0.717, 1.165) is 25.7 Å². The van der Waals surface area contributed by atoms with Crippen LogP contribution in [0.15, 0.2) is 24.4 Å². The summed E-state index contributed by atoms with van der Waals surface area (Å²) in [6.45, 7) is 0. The summed E-state index contributed by atoms with van der Waals surface area (Å²) in [6.07, 6.45) is 5.66. The first kappa shape index (κ1) is 13.5. The van der Waals surface area contributed by atoms with E-state index in [-0.39, 0.29) is 18.2 Å². The molecule has 0 radical (unpaired) electrons. The third kappa shape index (κ3) is 3.77. The van der Waals surface area contributed by atoms with Gasteiger partial charge in [0, 0.05) is 24.2 Å². The Hall–Kier alpha value is -1.91. The number of nitrogens with one attached hydrogen (secondary N) is 1. The molecular formula is C14H18N2O3. The van der Waals surface area contributed by atoms with Crippen LogP contribution in [0.4, 0.5) is 0 Å². The maximum Gasteiger partial charge on any atom is 0.326 e. The van der Waals surface area contributed by atoms with Crippen LogP contribution < -0.4 is 5.32 Å². The Kier molecular flexibility index (Phi) is 4.49. The van der Waals surface area contributed by atoms with Gasteiger partial charge in [-0.1, -0.05) is 18.9 Å². The Labute approximate surface area is 112 Å². The maximum atomic E-state index is 12.0. The second kappa shape index (κ2) is 6.31. The molecule has 1 amide bonds. The van der Waals surface area contributed by atoms with Gasteiger partial charge in [0.05, 0.1) is 0 Å². The van der Waals surface area contributed by atoms with Crippen molar-refractivity contribution < 1.29 is 14.7 Å². The molecule has 0 aliphatic heterocycles. The summed E-state index contributed by atoms with van der Waals surface area (Å²) in [6, 6.07) is 4.44. The Morgan fingerprint density at radius 2 is 2.11 bits per heavy atom. The SMILES string of the molecule is O=C(NC(Cc1ccccn1)C(=O)O)C1CCCC1. The zero-order valence-electron chi connectivity index (χ0n) is 10.7. The lowest BCUT2D eigenvalue weighted by molar-refractivity contribution is -0.142. The lowest BCUT2D eigenvalue weighted by Crippen LogP contribution is -2.44. The lowest BCUT2D eigenvalue weighted by atomic mass is 10.1. The van der Waals surface area contributed by atoms with E-state index in [0.29, 0.717) is 5.69 Å². The molecule has 1 saturated carbocycles. The molecule has 1 fully saturated rings. The van der Waals surface area contributed by atoms with Gasteiger partial charge >= 0.3 is 5.97 Å². The summed E-state index contributed by atoms with van der Waals surface area (Å²) in [7, 11) is 0. The van der Waals surface area contributed by atoms with Crippen molar-refractivity contribution in [3.8, 4) is 0 Å². The van der Waals surface area contributed by atoms with Gasteiger partial charge in [-0.2, -0.15) is 0 Å². The number of hydrogen-bond donors (Lipinski definition) is 2. The summed E-state index contributed by atoms with van der Waals surface area (Å²) in [5, 5.41) is 11.8. The highest BCUT2D eigenvalue weighted by atomic mass is 16.4. The molecule has 0 spiro atoms. The van der Waals surface area contributed by atoms with E-state index >= 15 is 0 Å². The van der Waals surface area contributed by atoms with Crippen molar-refractivity contribution >= 4 is 11.9 Å². The molecule has 102 valence electrons. The number of carboxylic acids is 1. The molecule has 0 saturated heterocycles. The second-order valence-electron chi connectivity index (χ2n) is 4.91. The maximum absolute atomic E-state index is 12.0. The van der Waals surface area contributed by atoms with Crippen molar-refractivity contribution in [2.75, 3.05) is 0 Å². The highest BCUT2D eigenvalue weighted by molar-refractivity contribution is 5.85. The molecule has 19 heavy (non-hydrogen) atoms. The van der Waals surface area contributed by atoms with Gasteiger partial charge in [0.15, 0.2) is 0 Å². The van der Waals surface area contributed by atoms with Crippen LogP contribution in [-0.2, 0) is 16.0 Å². The molecule has 0 aromatic carbocycles. The summed E-state index contributed by atoms with van der Waals surface area (Å²) in [5.74, 6) is -1.18. The molecule has 1 heterocycles. The average Bonchev–Trinajstić information content (AvgIpc) is 2.93. The number of carbonyl (C=O) groups is 2. The first-order valence-corrected chi connectivity index (χ1v) is 6.60. The van der Waals surface area contributed by atoms with Gasteiger partial charge in [-0.25, -0.2) is 4.79 Å². The first-order chi connectivity index (χ1) is 9.16. The molecular weight excluding hydrogens is 244 g/mol. The van der Waals surface area contributed by atoms with Crippen LogP contribution in [0.3, 0.4) is 0 Å². The molecule has 1 aliphatic rings. The van der Waals surface area contributed by atoms with Gasteiger partial charge in [0.25, 0.3) is 0 Å².